The first-order valence-electron chi connectivity index (χ1n) is 12.1. The first-order valence-corrected chi connectivity index (χ1v) is 12.1. The van der Waals surface area contributed by atoms with Crippen molar-refractivity contribution in [3.05, 3.63) is 127 Å². The van der Waals surface area contributed by atoms with Crippen LogP contribution < -0.4 is 0 Å². The van der Waals surface area contributed by atoms with Gasteiger partial charge in [0.15, 0.2) is 0 Å². The maximum absolute atomic E-state index is 4.52. The molecule has 0 saturated heterocycles. The molecule has 0 aliphatic heterocycles. The molecule has 7 aromatic rings. The summed E-state index contributed by atoms with van der Waals surface area (Å²) in [6.45, 7) is 2.14. The fourth-order valence-electron chi connectivity index (χ4n) is 5.40. The monoisotopic (exact) mass is 445 g/mol. The Labute approximate surface area is 204 Å². The number of hydrogen-bond donors (Lipinski definition) is 0. The molecule has 35 heavy (non-hydrogen) atoms. The van der Waals surface area contributed by atoms with E-state index < -0.39 is 0 Å². The van der Waals surface area contributed by atoms with Crippen LogP contribution in [0.5, 0.6) is 0 Å². The van der Waals surface area contributed by atoms with E-state index in [1.54, 1.807) is 0 Å². The van der Waals surface area contributed by atoms with E-state index in [9.17, 15) is 0 Å². The van der Waals surface area contributed by atoms with Gasteiger partial charge in [-0.25, -0.2) is 0 Å². The Morgan fingerprint density at radius 2 is 1.09 bits per heavy atom. The standard InChI is InChI=1S/C34H23N/c1-22-8-10-23(11-9-22)30-21-31(24-12-14-25(15-13-24)32-7-2-3-20-35-32)29-19-17-27-6-4-5-26-16-18-28(30)34(29)33(26)27/h2-21H,1H3. The average Bonchev–Trinajstić information content (AvgIpc) is 2.92. The molecule has 0 unspecified atom stereocenters. The molecular weight excluding hydrogens is 422 g/mol. The van der Waals surface area contributed by atoms with E-state index in [1.165, 1.54) is 60.1 Å². The van der Waals surface area contributed by atoms with Gasteiger partial charge in [-0.1, -0.05) is 103 Å². The zero-order valence-electron chi connectivity index (χ0n) is 19.5. The van der Waals surface area contributed by atoms with Crippen LogP contribution in [0.3, 0.4) is 0 Å². The van der Waals surface area contributed by atoms with Crippen LogP contribution in [0.1, 0.15) is 5.56 Å². The Bertz CT molecular complexity index is 1800. The van der Waals surface area contributed by atoms with Crippen molar-refractivity contribution in [2.75, 3.05) is 0 Å². The summed E-state index contributed by atoms with van der Waals surface area (Å²) in [5.41, 5.74) is 8.41. The van der Waals surface area contributed by atoms with Crippen molar-refractivity contribution in [1.82, 2.24) is 4.98 Å². The molecule has 1 heterocycles. The summed E-state index contributed by atoms with van der Waals surface area (Å²) in [4.78, 5) is 4.52. The SMILES string of the molecule is Cc1ccc(-c2cc(-c3ccc(-c4ccccn4)cc3)c3ccc4cccc5ccc2c3c54)cc1. The Kier molecular flexibility index (Phi) is 4.43. The minimum Gasteiger partial charge on any atom is -0.256 e. The second-order valence-corrected chi connectivity index (χ2v) is 9.31. The molecule has 1 nitrogen and oxygen atoms in total. The third kappa shape index (κ3) is 3.20. The summed E-state index contributed by atoms with van der Waals surface area (Å²) in [6, 6.07) is 41.9. The lowest BCUT2D eigenvalue weighted by atomic mass is 9.85. The van der Waals surface area contributed by atoms with Gasteiger partial charge in [-0.15, -0.1) is 0 Å². The number of aryl methyl sites for hydroxylation is 1. The number of aromatic nitrogens is 1. The van der Waals surface area contributed by atoms with Crippen LogP contribution in [0, 0.1) is 6.92 Å². The van der Waals surface area contributed by atoms with Gasteiger partial charge in [0.25, 0.3) is 0 Å². The molecule has 164 valence electrons. The Morgan fingerprint density at radius 3 is 1.69 bits per heavy atom. The summed E-state index contributed by atoms with van der Waals surface area (Å²) in [7, 11) is 0. The lowest BCUT2D eigenvalue weighted by Crippen LogP contribution is -1.91. The average molecular weight is 446 g/mol. The van der Waals surface area contributed by atoms with Gasteiger partial charge >= 0.3 is 0 Å². The molecule has 7 rings (SSSR count). The zero-order valence-corrected chi connectivity index (χ0v) is 19.5. The summed E-state index contributed by atoms with van der Waals surface area (Å²) in [5.74, 6) is 0. The van der Waals surface area contributed by atoms with Gasteiger partial charge in [-0.05, 0) is 79.7 Å². The molecule has 0 bridgehead atoms. The molecule has 0 fully saturated rings. The lowest BCUT2D eigenvalue weighted by molar-refractivity contribution is 1.33. The summed E-state index contributed by atoms with van der Waals surface area (Å²) < 4.78 is 0. The van der Waals surface area contributed by atoms with Crippen LogP contribution in [-0.2, 0) is 0 Å². The highest BCUT2D eigenvalue weighted by atomic mass is 14.7. The highest BCUT2D eigenvalue weighted by molar-refractivity contribution is 6.28. The van der Waals surface area contributed by atoms with Crippen molar-refractivity contribution in [3.8, 4) is 33.5 Å². The van der Waals surface area contributed by atoms with E-state index in [2.05, 4.69) is 115 Å². The number of pyridine rings is 1. The van der Waals surface area contributed by atoms with Crippen LogP contribution in [0.4, 0.5) is 0 Å². The van der Waals surface area contributed by atoms with Gasteiger partial charge in [-0.3, -0.25) is 4.98 Å². The first-order chi connectivity index (χ1) is 17.3. The molecule has 0 saturated carbocycles. The molecule has 1 aromatic heterocycles. The van der Waals surface area contributed by atoms with Crippen molar-refractivity contribution in [1.29, 1.82) is 0 Å². The number of hydrogen-bond acceptors (Lipinski definition) is 1. The fourth-order valence-corrected chi connectivity index (χ4v) is 5.40. The van der Waals surface area contributed by atoms with E-state index >= 15 is 0 Å². The number of benzene rings is 6. The highest BCUT2D eigenvalue weighted by Crippen LogP contribution is 2.44. The van der Waals surface area contributed by atoms with Gasteiger partial charge in [0.1, 0.15) is 0 Å². The van der Waals surface area contributed by atoms with E-state index in [1.807, 2.05) is 18.3 Å². The van der Waals surface area contributed by atoms with Crippen molar-refractivity contribution in [2.45, 2.75) is 6.92 Å². The molecule has 1 heteroatoms. The molecule has 0 spiro atoms. The van der Waals surface area contributed by atoms with E-state index in [-0.39, 0.29) is 0 Å². The van der Waals surface area contributed by atoms with E-state index in [0.29, 0.717) is 0 Å². The molecule has 0 radical (unpaired) electrons. The second-order valence-electron chi connectivity index (χ2n) is 9.31. The predicted octanol–water partition coefficient (Wildman–Crippen LogP) is 9.29. The molecule has 0 N–H and O–H groups in total. The topological polar surface area (TPSA) is 12.9 Å². The summed E-state index contributed by atoms with van der Waals surface area (Å²) in [5, 5.41) is 7.88. The summed E-state index contributed by atoms with van der Waals surface area (Å²) >= 11 is 0. The Hall–Kier alpha value is -4.49. The fraction of sp³-hybridized carbons (Fsp3) is 0.0294. The van der Waals surface area contributed by atoms with E-state index in [0.717, 1.165) is 11.3 Å². The Balaban J connectivity index is 1.53. The van der Waals surface area contributed by atoms with Gasteiger partial charge in [0, 0.05) is 11.8 Å². The molecule has 0 amide bonds. The van der Waals surface area contributed by atoms with Gasteiger partial charge in [-0.2, -0.15) is 0 Å². The van der Waals surface area contributed by atoms with E-state index in [4.69, 9.17) is 0 Å². The second kappa shape index (κ2) is 7.78. The minimum atomic E-state index is 0.995. The van der Waals surface area contributed by atoms with Crippen LogP contribution in [-0.4, -0.2) is 4.98 Å². The summed E-state index contributed by atoms with van der Waals surface area (Å²) in [6.07, 6.45) is 1.85. The molecule has 6 aromatic carbocycles. The largest absolute Gasteiger partial charge is 0.256 e. The van der Waals surface area contributed by atoms with Crippen molar-refractivity contribution < 1.29 is 0 Å². The van der Waals surface area contributed by atoms with Crippen molar-refractivity contribution >= 4 is 32.3 Å². The van der Waals surface area contributed by atoms with Crippen molar-refractivity contribution in [2.24, 2.45) is 0 Å². The normalized spacial score (nSPS) is 11.6. The van der Waals surface area contributed by atoms with Crippen LogP contribution in [0.25, 0.3) is 65.8 Å². The zero-order chi connectivity index (χ0) is 23.4. The minimum absolute atomic E-state index is 0.995. The smallest absolute Gasteiger partial charge is 0.0701 e. The Morgan fingerprint density at radius 1 is 0.486 bits per heavy atom. The van der Waals surface area contributed by atoms with Crippen LogP contribution >= 0.6 is 0 Å². The van der Waals surface area contributed by atoms with Gasteiger partial charge in [0.2, 0.25) is 0 Å². The molecule has 0 aliphatic rings. The maximum atomic E-state index is 4.52. The lowest BCUT2D eigenvalue weighted by Gasteiger charge is -2.18. The van der Waals surface area contributed by atoms with Gasteiger partial charge in [0.05, 0.1) is 5.69 Å². The van der Waals surface area contributed by atoms with Crippen LogP contribution in [0.15, 0.2) is 121 Å². The van der Waals surface area contributed by atoms with Crippen LogP contribution in [0.2, 0.25) is 0 Å². The maximum Gasteiger partial charge on any atom is 0.0701 e. The van der Waals surface area contributed by atoms with Crippen molar-refractivity contribution in [3.63, 3.8) is 0 Å². The third-order valence-corrected chi connectivity index (χ3v) is 7.16. The molecule has 0 aliphatic carbocycles. The first kappa shape index (κ1) is 19.9. The predicted molar refractivity (Wildman–Crippen MR) is 149 cm³/mol. The molecule has 0 atom stereocenters. The third-order valence-electron chi connectivity index (χ3n) is 7.16. The van der Waals surface area contributed by atoms with Gasteiger partial charge < -0.3 is 0 Å². The molecular formula is C34H23N. The highest BCUT2D eigenvalue weighted by Gasteiger charge is 2.16. The quantitative estimate of drug-likeness (QED) is 0.247. The number of nitrogens with zero attached hydrogens (tertiary/aromatic N) is 1. The number of rotatable bonds is 3.